The topological polar surface area (TPSA) is 52.6 Å². The fourth-order valence-corrected chi connectivity index (χ4v) is 1.03. The van der Waals surface area contributed by atoms with E-state index in [0.29, 0.717) is 11.0 Å². The van der Waals surface area contributed by atoms with Gasteiger partial charge in [-0.05, 0) is 0 Å². The third kappa shape index (κ3) is 10.8. The highest BCUT2D eigenvalue weighted by molar-refractivity contribution is 7.67. The largest absolute Gasteiger partial charge is 1.00 e. The average Bonchev–Trinajstić information content (AvgIpc) is 1.97. The summed E-state index contributed by atoms with van der Waals surface area (Å²) in [4.78, 5) is 0. The monoisotopic (exact) mass is 301 g/mol. The molecule has 0 radical (unpaired) electrons. The van der Waals surface area contributed by atoms with E-state index in [9.17, 15) is 21.6 Å². The first-order valence-electron chi connectivity index (χ1n) is 4.32. The zero-order valence-corrected chi connectivity index (χ0v) is 11.2. The van der Waals surface area contributed by atoms with Crippen molar-refractivity contribution in [2.75, 3.05) is 34.3 Å². The van der Waals surface area contributed by atoms with Crippen molar-refractivity contribution in [3.8, 4) is 0 Å². The number of halogens is 4. The van der Waals surface area contributed by atoms with Crippen LogP contribution in [0.1, 0.15) is 0 Å². The molecule has 0 aliphatic heterocycles. The van der Waals surface area contributed by atoms with Gasteiger partial charge in [0.25, 0.3) is 17.3 Å². The molecule has 5 nitrogen and oxygen atoms in total. The maximum absolute atomic E-state index is 12.2. The number of hydrogen-bond donors (Lipinski definition) is 1. The van der Waals surface area contributed by atoms with Gasteiger partial charge in [-0.15, -0.1) is 0 Å². The Labute approximate surface area is 106 Å². The van der Waals surface area contributed by atoms with Crippen molar-refractivity contribution in [1.82, 2.24) is 0 Å². The molecule has 0 aromatic heterocycles. The van der Waals surface area contributed by atoms with Gasteiger partial charge in [-0.3, -0.25) is 0 Å². The molecule has 0 aliphatic rings. The van der Waals surface area contributed by atoms with Crippen LogP contribution in [-0.2, 0) is 19.9 Å². The van der Waals surface area contributed by atoms with E-state index in [2.05, 4.69) is 8.92 Å². The summed E-state index contributed by atoms with van der Waals surface area (Å²) in [6, 6.07) is 0. The third-order valence-electron chi connectivity index (χ3n) is 1.48. The molecule has 0 aromatic rings. The maximum Gasteiger partial charge on any atom is 0.441 e. The first kappa shape index (κ1) is 19.3. The highest BCUT2D eigenvalue weighted by Crippen LogP contribution is 2.23. The molecule has 0 aromatic carbocycles. The van der Waals surface area contributed by atoms with E-state index in [1.165, 1.54) is 0 Å². The Balaban J connectivity index is 0. The number of quaternary nitrogens is 1. The van der Waals surface area contributed by atoms with E-state index < -0.39 is 23.5 Å². The van der Waals surface area contributed by atoms with Crippen LogP contribution in [0.4, 0.5) is 13.2 Å². The Morgan fingerprint density at radius 1 is 1.24 bits per heavy atom. The van der Waals surface area contributed by atoms with Crippen molar-refractivity contribution < 1.29 is 47.4 Å². The molecule has 0 spiro atoms. The van der Waals surface area contributed by atoms with Gasteiger partial charge in [0.1, 0.15) is 6.54 Å². The van der Waals surface area contributed by atoms with E-state index in [1.807, 2.05) is 0 Å². The van der Waals surface area contributed by atoms with Gasteiger partial charge in [0.15, 0.2) is 0 Å². The molecule has 0 aliphatic carbocycles. The summed E-state index contributed by atoms with van der Waals surface area (Å²) in [5.74, 6) is 0. The highest BCUT2D eigenvalue weighted by atomic mass is 35.5. The van der Waals surface area contributed by atoms with Crippen LogP contribution in [0.25, 0.3) is 0 Å². The number of thiol groups is 1. The summed E-state index contributed by atoms with van der Waals surface area (Å²) < 4.78 is 65.0. The molecule has 0 heterocycles. The van der Waals surface area contributed by atoms with Crippen LogP contribution in [0, 0.1) is 0 Å². The van der Waals surface area contributed by atoms with Crippen LogP contribution in [-0.4, -0.2) is 59.7 Å². The van der Waals surface area contributed by atoms with Crippen LogP contribution in [0.15, 0.2) is 0 Å². The Hall–Kier alpha value is -0.0900. The fourth-order valence-electron chi connectivity index (χ4n) is 0.696. The number of ether oxygens (including phenoxy) is 1. The Morgan fingerprint density at radius 3 is 2.00 bits per heavy atom. The quantitative estimate of drug-likeness (QED) is 0.326. The molecule has 0 bridgehead atoms. The van der Waals surface area contributed by atoms with Gasteiger partial charge in [-0.2, -0.15) is 13.2 Å². The van der Waals surface area contributed by atoms with E-state index in [4.69, 9.17) is 0 Å². The Morgan fingerprint density at radius 2 is 1.71 bits per heavy atom. The fraction of sp³-hybridized carbons (Fsp3) is 1.00. The standard InChI is InChI=1S/C7H15F3NO4S.ClH/c1-11(2,3)4-5-14-6(7(8,9)10)15-16(12)13;/h6,16H,4-5H2,1-3H3;1H/q+1;/p-1. The first-order chi connectivity index (χ1) is 7.02. The van der Waals surface area contributed by atoms with Gasteiger partial charge < -0.3 is 21.6 Å². The summed E-state index contributed by atoms with van der Waals surface area (Å²) in [5.41, 5.74) is 0. The molecule has 0 fully saturated rings. The Kier molecular flexibility index (Phi) is 8.34. The SMILES string of the molecule is C[N+](C)(C)CCOC(O[SH](=O)=O)C(F)(F)F.[Cl-]. The molecule has 0 saturated heterocycles. The van der Waals surface area contributed by atoms with Crippen molar-refractivity contribution in [3.63, 3.8) is 0 Å². The lowest BCUT2D eigenvalue weighted by molar-refractivity contribution is -0.871. The molecular formula is C7H15ClF3NO4S. The van der Waals surface area contributed by atoms with Gasteiger partial charge in [-0.25, -0.2) is 12.6 Å². The molecule has 10 heteroatoms. The average molecular weight is 302 g/mol. The summed E-state index contributed by atoms with van der Waals surface area (Å²) in [5, 5.41) is 0. The summed E-state index contributed by atoms with van der Waals surface area (Å²) >= 11 is 0. The van der Waals surface area contributed by atoms with Gasteiger partial charge >= 0.3 is 6.18 Å². The van der Waals surface area contributed by atoms with E-state index in [-0.39, 0.29) is 19.0 Å². The minimum absolute atomic E-state index is 0. The van der Waals surface area contributed by atoms with Gasteiger partial charge in [0.05, 0.1) is 27.7 Å². The second-order valence-corrected chi connectivity index (χ2v) is 4.75. The first-order valence-corrected chi connectivity index (χ1v) is 5.42. The van der Waals surface area contributed by atoms with Gasteiger partial charge in [0.2, 0.25) is 0 Å². The van der Waals surface area contributed by atoms with E-state index in [1.54, 1.807) is 21.1 Å². The molecular weight excluding hydrogens is 287 g/mol. The smallest absolute Gasteiger partial charge is 0.441 e. The number of alkyl halides is 3. The van der Waals surface area contributed by atoms with Crippen molar-refractivity contribution >= 4 is 11.0 Å². The molecule has 106 valence electrons. The molecule has 1 unspecified atom stereocenters. The van der Waals surface area contributed by atoms with Crippen LogP contribution in [0.5, 0.6) is 0 Å². The number of rotatable bonds is 6. The van der Waals surface area contributed by atoms with Crippen LogP contribution < -0.4 is 12.4 Å². The highest BCUT2D eigenvalue weighted by Gasteiger charge is 2.43. The zero-order chi connectivity index (χ0) is 13.0. The predicted molar refractivity (Wildman–Crippen MR) is 50.1 cm³/mol. The van der Waals surface area contributed by atoms with Crippen molar-refractivity contribution in [2.45, 2.75) is 12.5 Å². The van der Waals surface area contributed by atoms with E-state index in [0.717, 1.165) is 0 Å². The summed E-state index contributed by atoms with van der Waals surface area (Å²) in [6.45, 7) is 0.0441. The van der Waals surface area contributed by atoms with Crippen molar-refractivity contribution in [2.24, 2.45) is 0 Å². The lowest BCUT2D eigenvalue weighted by Gasteiger charge is -2.25. The molecule has 0 amide bonds. The molecule has 1 atom stereocenters. The van der Waals surface area contributed by atoms with E-state index >= 15 is 0 Å². The minimum atomic E-state index is -4.86. The minimum Gasteiger partial charge on any atom is -1.00 e. The number of likely N-dealkylation sites (N-methyl/N-ethyl adjacent to an activating group) is 1. The predicted octanol–water partition coefficient (Wildman–Crippen LogP) is -2.86. The normalized spacial score (nSPS) is 14.5. The van der Waals surface area contributed by atoms with Gasteiger partial charge in [0, 0.05) is 0 Å². The lowest BCUT2D eigenvalue weighted by atomic mass is 10.5. The lowest BCUT2D eigenvalue weighted by Crippen LogP contribution is -3.00. The third-order valence-corrected chi connectivity index (χ3v) is 1.84. The van der Waals surface area contributed by atoms with Crippen molar-refractivity contribution in [3.05, 3.63) is 0 Å². The number of hydrogen-bond acceptors (Lipinski definition) is 4. The summed E-state index contributed by atoms with van der Waals surface area (Å²) in [6.07, 6.45) is -7.58. The zero-order valence-electron chi connectivity index (χ0n) is 9.53. The molecule has 0 N–H and O–H groups in total. The molecule has 0 saturated carbocycles. The maximum atomic E-state index is 12.2. The second-order valence-electron chi connectivity index (χ2n) is 4.09. The number of nitrogens with zero attached hydrogens (tertiary/aromatic N) is 1. The second kappa shape index (κ2) is 7.37. The van der Waals surface area contributed by atoms with Gasteiger partial charge in [-0.1, -0.05) is 0 Å². The van der Waals surface area contributed by atoms with Crippen LogP contribution in [0.3, 0.4) is 0 Å². The molecule has 0 rings (SSSR count). The Bertz CT molecular complexity index is 282. The summed E-state index contributed by atoms with van der Waals surface area (Å²) in [7, 11) is 1.70. The molecule has 17 heavy (non-hydrogen) atoms. The van der Waals surface area contributed by atoms with Crippen LogP contribution in [0.2, 0.25) is 0 Å². The van der Waals surface area contributed by atoms with Crippen LogP contribution >= 0.6 is 0 Å². The van der Waals surface area contributed by atoms with Crippen molar-refractivity contribution in [1.29, 1.82) is 0 Å².